The van der Waals surface area contributed by atoms with Gasteiger partial charge < -0.3 is 4.57 Å². The van der Waals surface area contributed by atoms with E-state index in [2.05, 4.69) is 0 Å². The van der Waals surface area contributed by atoms with E-state index in [-0.39, 0.29) is 5.78 Å². The molecule has 0 radical (unpaired) electrons. The number of carbonyl (C=O) groups excluding carboxylic acids is 1. The highest BCUT2D eigenvalue weighted by molar-refractivity contribution is 6.55. The van der Waals surface area contributed by atoms with Gasteiger partial charge in [-0.1, -0.05) is 29.3 Å². The fourth-order valence-corrected chi connectivity index (χ4v) is 1.66. The maximum Gasteiger partial charge on any atom is 0.211 e. The molecular weight excluding hydrogens is 209 g/mol. The largest absolute Gasteiger partial charge is 0.335 e. The maximum absolute atomic E-state index is 11.5. The van der Waals surface area contributed by atoms with Gasteiger partial charge in [0.05, 0.1) is 5.69 Å². The number of alkyl halides is 2. The van der Waals surface area contributed by atoms with Gasteiger partial charge in [0.25, 0.3) is 0 Å². The Morgan fingerprint density at radius 2 is 2.23 bits per heavy atom. The number of fused-ring (bicyclic) bond motifs is 1. The first-order chi connectivity index (χ1) is 6.20. The highest BCUT2D eigenvalue weighted by Crippen LogP contribution is 2.20. The summed E-state index contributed by atoms with van der Waals surface area (Å²) in [4.78, 5) is 10.5. The summed E-state index contributed by atoms with van der Waals surface area (Å²) in [5.74, 6) is -0.238. The Morgan fingerprint density at radius 3 is 2.92 bits per heavy atom. The Labute approximate surface area is 85.7 Å². The molecule has 0 N–H and O–H groups in total. The molecule has 4 heteroatoms. The summed E-state index contributed by atoms with van der Waals surface area (Å²) in [5, 5.41) is 0. The van der Waals surface area contributed by atoms with Gasteiger partial charge in [0.2, 0.25) is 5.78 Å². The molecule has 0 atom stereocenters. The van der Waals surface area contributed by atoms with Crippen LogP contribution in [0.5, 0.6) is 0 Å². The minimum atomic E-state index is -0.973. The first-order valence-electron chi connectivity index (χ1n) is 3.88. The van der Waals surface area contributed by atoms with Crippen LogP contribution in [0.3, 0.4) is 0 Å². The molecule has 0 saturated carbocycles. The first kappa shape index (κ1) is 8.85. The number of hydrogen-bond donors (Lipinski definition) is 0. The minimum absolute atomic E-state index is 0.238. The van der Waals surface area contributed by atoms with Gasteiger partial charge >= 0.3 is 0 Å². The van der Waals surface area contributed by atoms with Crippen molar-refractivity contribution in [2.75, 3.05) is 0 Å². The number of aromatic nitrogens is 1. The quantitative estimate of drug-likeness (QED) is 0.549. The smallest absolute Gasteiger partial charge is 0.211 e. The van der Waals surface area contributed by atoms with Gasteiger partial charge in [-0.3, -0.25) is 4.79 Å². The standard InChI is InChI=1S/C9H7Cl2NO/c10-9(11)8(13)7-4-3-6-2-1-5-12(6)7/h1-4,9H,5H2. The van der Waals surface area contributed by atoms with E-state index in [9.17, 15) is 4.79 Å². The van der Waals surface area contributed by atoms with Crippen molar-refractivity contribution in [3.63, 3.8) is 0 Å². The number of rotatable bonds is 2. The molecule has 0 fully saturated rings. The van der Waals surface area contributed by atoms with Crippen LogP contribution in [0, 0.1) is 0 Å². The van der Waals surface area contributed by atoms with Crippen molar-refractivity contribution >= 4 is 35.1 Å². The Balaban J connectivity index is 2.39. The number of Topliss-reactive ketones (excluding diaryl/α,β-unsaturated/α-hetero) is 1. The number of hydrogen-bond acceptors (Lipinski definition) is 1. The molecule has 1 aliphatic heterocycles. The molecule has 0 amide bonds. The average molecular weight is 216 g/mol. The SMILES string of the molecule is O=C(c1ccc2n1CC=C2)C(Cl)Cl. The molecule has 2 rings (SSSR count). The predicted molar refractivity (Wildman–Crippen MR) is 53.3 cm³/mol. The predicted octanol–water partition coefficient (Wildman–Crippen LogP) is 2.50. The van der Waals surface area contributed by atoms with Crippen molar-refractivity contribution < 1.29 is 4.79 Å². The molecule has 1 aromatic rings. The van der Waals surface area contributed by atoms with Crippen LogP contribution in [0.1, 0.15) is 16.2 Å². The van der Waals surface area contributed by atoms with E-state index in [0.717, 1.165) is 12.2 Å². The Morgan fingerprint density at radius 1 is 1.46 bits per heavy atom. The van der Waals surface area contributed by atoms with Crippen LogP contribution >= 0.6 is 23.2 Å². The number of ketones is 1. The van der Waals surface area contributed by atoms with Crippen molar-refractivity contribution in [2.24, 2.45) is 0 Å². The van der Waals surface area contributed by atoms with Crippen molar-refractivity contribution in [2.45, 2.75) is 11.4 Å². The van der Waals surface area contributed by atoms with Crippen LogP contribution in [0.25, 0.3) is 6.08 Å². The lowest BCUT2D eigenvalue weighted by atomic mass is 10.3. The Kier molecular flexibility index (Phi) is 2.18. The Bertz CT molecular complexity index is 379. The van der Waals surface area contributed by atoms with Crippen molar-refractivity contribution in [3.05, 3.63) is 29.6 Å². The molecule has 0 unspecified atom stereocenters. The second-order valence-electron chi connectivity index (χ2n) is 2.82. The molecule has 0 saturated heterocycles. The summed E-state index contributed by atoms with van der Waals surface area (Å²) in [5.41, 5.74) is 1.60. The van der Waals surface area contributed by atoms with Crippen molar-refractivity contribution in [1.82, 2.24) is 4.57 Å². The summed E-state index contributed by atoms with van der Waals surface area (Å²) in [7, 11) is 0. The van der Waals surface area contributed by atoms with Crippen LogP contribution in [0.15, 0.2) is 18.2 Å². The summed E-state index contributed by atoms with van der Waals surface area (Å²) in [6.45, 7) is 0.726. The van der Waals surface area contributed by atoms with Crippen LogP contribution in [-0.2, 0) is 6.54 Å². The van der Waals surface area contributed by atoms with E-state index in [1.807, 2.05) is 22.8 Å². The second kappa shape index (κ2) is 3.20. The van der Waals surface area contributed by atoms with E-state index in [0.29, 0.717) is 5.69 Å². The lowest BCUT2D eigenvalue weighted by Gasteiger charge is -2.04. The van der Waals surface area contributed by atoms with E-state index >= 15 is 0 Å². The second-order valence-corrected chi connectivity index (χ2v) is 3.92. The first-order valence-corrected chi connectivity index (χ1v) is 4.76. The molecule has 68 valence electrons. The van der Waals surface area contributed by atoms with Crippen LogP contribution in [-0.4, -0.2) is 15.2 Å². The number of carbonyl (C=O) groups is 1. The molecule has 0 spiro atoms. The molecule has 0 aromatic carbocycles. The van der Waals surface area contributed by atoms with Gasteiger partial charge in [-0.05, 0) is 18.2 Å². The van der Waals surface area contributed by atoms with Crippen LogP contribution in [0.2, 0.25) is 0 Å². The minimum Gasteiger partial charge on any atom is -0.335 e. The van der Waals surface area contributed by atoms with E-state index < -0.39 is 4.84 Å². The molecule has 13 heavy (non-hydrogen) atoms. The van der Waals surface area contributed by atoms with Crippen molar-refractivity contribution in [3.8, 4) is 0 Å². The number of allylic oxidation sites excluding steroid dienone is 1. The molecule has 0 bridgehead atoms. The highest BCUT2D eigenvalue weighted by atomic mass is 35.5. The zero-order chi connectivity index (χ0) is 9.42. The highest BCUT2D eigenvalue weighted by Gasteiger charge is 2.20. The summed E-state index contributed by atoms with van der Waals surface area (Å²) >= 11 is 11.0. The third-order valence-corrected chi connectivity index (χ3v) is 2.44. The monoisotopic (exact) mass is 215 g/mol. The summed E-state index contributed by atoms with van der Waals surface area (Å²) < 4.78 is 1.89. The van der Waals surface area contributed by atoms with Gasteiger partial charge in [0, 0.05) is 12.2 Å². The van der Waals surface area contributed by atoms with Crippen molar-refractivity contribution in [1.29, 1.82) is 0 Å². The zero-order valence-corrected chi connectivity index (χ0v) is 8.22. The third-order valence-electron chi connectivity index (χ3n) is 2.04. The van der Waals surface area contributed by atoms with Gasteiger partial charge in [-0.15, -0.1) is 0 Å². The third kappa shape index (κ3) is 1.40. The molecule has 1 aliphatic rings. The Hall–Kier alpha value is -0.730. The van der Waals surface area contributed by atoms with E-state index in [1.165, 1.54) is 0 Å². The molecule has 1 aromatic heterocycles. The summed E-state index contributed by atoms with van der Waals surface area (Å²) in [6.07, 6.45) is 3.96. The van der Waals surface area contributed by atoms with Gasteiger partial charge in [0.1, 0.15) is 0 Å². The summed E-state index contributed by atoms with van der Waals surface area (Å²) in [6, 6.07) is 3.63. The molecule has 2 heterocycles. The normalized spacial score (nSPS) is 13.8. The molecular formula is C9H7Cl2NO. The average Bonchev–Trinajstić information content (AvgIpc) is 2.61. The molecule has 0 aliphatic carbocycles. The van der Waals surface area contributed by atoms with Gasteiger partial charge in [-0.2, -0.15) is 0 Å². The van der Waals surface area contributed by atoms with Crippen LogP contribution < -0.4 is 0 Å². The van der Waals surface area contributed by atoms with E-state index in [1.54, 1.807) is 6.07 Å². The lowest BCUT2D eigenvalue weighted by Crippen LogP contribution is -2.13. The van der Waals surface area contributed by atoms with Gasteiger partial charge in [-0.25, -0.2) is 0 Å². The fourth-order valence-electron chi connectivity index (χ4n) is 1.44. The topological polar surface area (TPSA) is 22.0 Å². The van der Waals surface area contributed by atoms with Crippen LogP contribution in [0.4, 0.5) is 0 Å². The fraction of sp³-hybridized carbons (Fsp3) is 0.222. The lowest BCUT2D eigenvalue weighted by molar-refractivity contribution is 0.0998. The van der Waals surface area contributed by atoms with Gasteiger partial charge in [0.15, 0.2) is 4.84 Å². The number of nitrogens with zero attached hydrogens (tertiary/aromatic N) is 1. The zero-order valence-electron chi connectivity index (χ0n) is 6.71. The maximum atomic E-state index is 11.5. The molecule has 2 nitrogen and oxygen atoms in total. The number of halogens is 2. The van der Waals surface area contributed by atoms with E-state index in [4.69, 9.17) is 23.2 Å².